The maximum atomic E-state index is 12.7. The van der Waals surface area contributed by atoms with E-state index in [1.54, 1.807) is 0 Å². The highest BCUT2D eigenvalue weighted by molar-refractivity contribution is 5.83. The zero-order valence-corrected chi connectivity index (χ0v) is 12.3. The quantitative estimate of drug-likeness (QED) is 0.896. The first-order chi connectivity index (χ1) is 9.69. The first kappa shape index (κ1) is 13.6. The number of nitrogens with one attached hydrogen (secondary N) is 1. The van der Waals surface area contributed by atoms with Crippen molar-refractivity contribution < 1.29 is 4.79 Å². The van der Waals surface area contributed by atoms with Crippen LogP contribution < -0.4 is 5.32 Å². The molecule has 1 aromatic carbocycles. The number of rotatable bonds is 2. The van der Waals surface area contributed by atoms with E-state index in [4.69, 9.17) is 0 Å². The molecule has 1 N–H and O–H groups in total. The molecule has 1 amide bonds. The van der Waals surface area contributed by atoms with Crippen molar-refractivity contribution in [3.8, 4) is 0 Å². The molecule has 108 valence electrons. The number of hydrogen-bond acceptors (Lipinski definition) is 2. The van der Waals surface area contributed by atoms with Gasteiger partial charge in [0.05, 0.1) is 5.41 Å². The third-order valence-corrected chi connectivity index (χ3v) is 4.94. The molecule has 2 fully saturated rings. The lowest BCUT2D eigenvalue weighted by Crippen LogP contribution is -2.46. The Balaban J connectivity index is 1.60. The summed E-state index contributed by atoms with van der Waals surface area (Å²) in [5.41, 5.74) is 1.26. The third kappa shape index (κ3) is 2.59. The molecule has 0 radical (unpaired) electrons. The predicted octanol–water partition coefficient (Wildman–Crippen LogP) is 2.39. The van der Waals surface area contributed by atoms with Crippen molar-refractivity contribution in [1.29, 1.82) is 0 Å². The second-order valence-electron chi connectivity index (χ2n) is 6.46. The predicted molar refractivity (Wildman–Crippen MR) is 80.6 cm³/mol. The summed E-state index contributed by atoms with van der Waals surface area (Å²) in [7, 11) is 0. The largest absolute Gasteiger partial charge is 0.342 e. The van der Waals surface area contributed by atoms with Crippen molar-refractivity contribution in [3.05, 3.63) is 35.9 Å². The second-order valence-corrected chi connectivity index (χ2v) is 6.46. The summed E-state index contributed by atoms with van der Waals surface area (Å²) in [6.07, 6.45) is 3.17. The van der Waals surface area contributed by atoms with Gasteiger partial charge in [-0.25, -0.2) is 0 Å². The molecule has 2 saturated heterocycles. The van der Waals surface area contributed by atoms with Crippen LogP contribution >= 0.6 is 0 Å². The van der Waals surface area contributed by atoms with Gasteiger partial charge < -0.3 is 10.2 Å². The lowest BCUT2D eigenvalue weighted by molar-refractivity contribution is -0.141. The van der Waals surface area contributed by atoms with Crippen LogP contribution in [-0.2, 0) is 4.79 Å². The molecule has 0 spiro atoms. The second kappa shape index (κ2) is 5.57. The van der Waals surface area contributed by atoms with Crippen LogP contribution in [0.4, 0.5) is 0 Å². The van der Waals surface area contributed by atoms with Crippen LogP contribution in [0.1, 0.15) is 37.7 Å². The molecule has 0 saturated carbocycles. The van der Waals surface area contributed by atoms with Crippen molar-refractivity contribution in [2.75, 3.05) is 26.2 Å². The maximum Gasteiger partial charge on any atom is 0.229 e. The smallest absolute Gasteiger partial charge is 0.229 e. The standard InChI is InChI=1S/C17H24N2O/c1-17(9-10-18-13-17)16(20)19-11-7-15(8-12-19)14-5-3-2-4-6-14/h2-6,15,18H,7-13H2,1H3. The molecular weight excluding hydrogens is 248 g/mol. The van der Waals surface area contributed by atoms with Crippen LogP contribution in [-0.4, -0.2) is 37.0 Å². The van der Waals surface area contributed by atoms with Gasteiger partial charge in [0.2, 0.25) is 5.91 Å². The number of carbonyl (C=O) groups is 1. The van der Waals surface area contributed by atoms with Gasteiger partial charge in [-0.15, -0.1) is 0 Å². The number of likely N-dealkylation sites (tertiary alicyclic amines) is 1. The fourth-order valence-corrected chi connectivity index (χ4v) is 3.52. The third-order valence-electron chi connectivity index (χ3n) is 4.94. The fourth-order valence-electron chi connectivity index (χ4n) is 3.52. The summed E-state index contributed by atoms with van der Waals surface area (Å²) < 4.78 is 0. The Hall–Kier alpha value is -1.35. The molecule has 3 nitrogen and oxygen atoms in total. The van der Waals surface area contributed by atoms with Gasteiger partial charge in [-0.3, -0.25) is 4.79 Å². The molecule has 2 aliphatic heterocycles. The van der Waals surface area contributed by atoms with Crippen molar-refractivity contribution in [2.24, 2.45) is 5.41 Å². The van der Waals surface area contributed by atoms with Gasteiger partial charge in [0.25, 0.3) is 0 Å². The number of carbonyl (C=O) groups excluding carboxylic acids is 1. The van der Waals surface area contributed by atoms with Crippen molar-refractivity contribution in [1.82, 2.24) is 10.2 Å². The van der Waals surface area contributed by atoms with Crippen LogP contribution in [0.5, 0.6) is 0 Å². The van der Waals surface area contributed by atoms with E-state index in [0.717, 1.165) is 45.4 Å². The van der Waals surface area contributed by atoms with E-state index < -0.39 is 0 Å². The molecule has 1 unspecified atom stereocenters. The minimum Gasteiger partial charge on any atom is -0.342 e. The Morgan fingerprint density at radius 3 is 2.55 bits per heavy atom. The van der Waals surface area contributed by atoms with Crippen LogP contribution in [0, 0.1) is 5.41 Å². The highest BCUT2D eigenvalue weighted by atomic mass is 16.2. The zero-order valence-electron chi connectivity index (χ0n) is 12.3. The summed E-state index contributed by atoms with van der Waals surface area (Å²) in [6.45, 7) is 5.74. The average molecular weight is 272 g/mol. The Morgan fingerprint density at radius 2 is 1.95 bits per heavy atom. The molecule has 1 aromatic rings. The number of amides is 1. The lowest BCUT2D eigenvalue weighted by Gasteiger charge is -2.36. The molecule has 2 heterocycles. The van der Waals surface area contributed by atoms with Crippen molar-refractivity contribution in [2.45, 2.75) is 32.1 Å². The normalized spacial score (nSPS) is 27.8. The topological polar surface area (TPSA) is 32.3 Å². The van der Waals surface area contributed by atoms with Gasteiger partial charge in [0.1, 0.15) is 0 Å². The van der Waals surface area contributed by atoms with Gasteiger partial charge in [0, 0.05) is 19.6 Å². The van der Waals surface area contributed by atoms with E-state index in [9.17, 15) is 4.79 Å². The van der Waals surface area contributed by atoms with E-state index in [-0.39, 0.29) is 5.41 Å². The molecule has 0 aromatic heterocycles. The monoisotopic (exact) mass is 272 g/mol. The molecule has 20 heavy (non-hydrogen) atoms. The van der Waals surface area contributed by atoms with Crippen LogP contribution in [0.2, 0.25) is 0 Å². The Morgan fingerprint density at radius 1 is 1.25 bits per heavy atom. The van der Waals surface area contributed by atoms with Crippen LogP contribution in [0.3, 0.4) is 0 Å². The average Bonchev–Trinajstić information content (AvgIpc) is 2.96. The molecule has 0 bridgehead atoms. The van der Waals surface area contributed by atoms with Gasteiger partial charge >= 0.3 is 0 Å². The molecule has 0 aliphatic carbocycles. The minimum atomic E-state index is -0.167. The number of hydrogen-bond donors (Lipinski definition) is 1. The number of nitrogens with zero attached hydrogens (tertiary/aromatic N) is 1. The van der Waals surface area contributed by atoms with Crippen molar-refractivity contribution >= 4 is 5.91 Å². The van der Waals surface area contributed by atoms with Crippen LogP contribution in [0.15, 0.2) is 30.3 Å². The SMILES string of the molecule is CC1(C(=O)N2CCC(c3ccccc3)CC2)CCNC1. The Labute approximate surface area is 121 Å². The van der Waals surface area contributed by atoms with Crippen molar-refractivity contribution in [3.63, 3.8) is 0 Å². The van der Waals surface area contributed by atoms with E-state index in [2.05, 4.69) is 47.5 Å². The summed E-state index contributed by atoms with van der Waals surface area (Å²) in [5, 5.41) is 3.32. The summed E-state index contributed by atoms with van der Waals surface area (Å²) in [5.74, 6) is 0.976. The first-order valence-corrected chi connectivity index (χ1v) is 7.74. The van der Waals surface area contributed by atoms with Gasteiger partial charge in [-0.05, 0) is 44.2 Å². The van der Waals surface area contributed by atoms with Gasteiger partial charge in [-0.2, -0.15) is 0 Å². The van der Waals surface area contributed by atoms with Gasteiger partial charge in [0.15, 0.2) is 0 Å². The summed E-state index contributed by atoms with van der Waals surface area (Å²) in [4.78, 5) is 14.7. The highest BCUT2D eigenvalue weighted by Gasteiger charge is 2.40. The highest BCUT2D eigenvalue weighted by Crippen LogP contribution is 2.32. The summed E-state index contributed by atoms with van der Waals surface area (Å²) >= 11 is 0. The minimum absolute atomic E-state index is 0.167. The lowest BCUT2D eigenvalue weighted by atomic mass is 9.85. The maximum absolute atomic E-state index is 12.7. The van der Waals surface area contributed by atoms with E-state index in [1.807, 2.05) is 0 Å². The fraction of sp³-hybridized carbons (Fsp3) is 0.588. The van der Waals surface area contributed by atoms with E-state index in [1.165, 1.54) is 5.56 Å². The van der Waals surface area contributed by atoms with E-state index in [0.29, 0.717) is 11.8 Å². The number of piperidine rings is 1. The molecular formula is C17H24N2O. The molecule has 3 rings (SSSR count). The summed E-state index contributed by atoms with van der Waals surface area (Å²) in [6, 6.07) is 10.7. The number of benzene rings is 1. The van der Waals surface area contributed by atoms with Gasteiger partial charge in [-0.1, -0.05) is 30.3 Å². The molecule has 3 heteroatoms. The van der Waals surface area contributed by atoms with Crippen LogP contribution in [0.25, 0.3) is 0 Å². The zero-order chi connectivity index (χ0) is 14.0. The Kier molecular flexibility index (Phi) is 3.79. The first-order valence-electron chi connectivity index (χ1n) is 7.74. The molecule has 1 atom stereocenters. The van der Waals surface area contributed by atoms with E-state index >= 15 is 0 Å². The Bertz CT molecular complexity index is 457. The molecule has 2 aliphatic rings.